The highest BCUT2D eigenvalue weighted by atomic mass is 16.3. The van der Waals surface area contributed by atoms with Crippen LogP contribution < -0.4 is 10.6 Å². The van der Waals surface area contributed by atoms with Crippen LogP contribution in [-0.4, -0.2) is 33.5 Å². The molecule has 0 bridgehead atoms. The van der Waals surface area contributed by atoms with Crippen molar-refractivity contribution in [1.82, 2.24) is 15.2 Å². The molecule has 1 aliphatic rings. The molecule has 3 aromatic rings. The number of rotatable bonds is 5. The molecule has 7 heteroatoms. The van der Waals surface area contributed by atoms with Crippen LogP contribution in [0.1, 0.15) is 33.1 Å². The maximum absolute atomic E-state index is 12.5. The van der Waals surface area contributed by atoms with Crippen LogP contribution in [0.25, 0.3) is 0 Å². The van der Waals surface area contributed by atoms with Gasteiger partial charge in [-0.05, 0) is 47.0 Å². The number of hydrogen-bond donors (Lipinski definition) is 3. The Labute approximate surface area is 174 Å². The minimum absolute atomic E-state index is 0.197. The Morgan fingerprint density at radius 2 is 1.73 bits per heavy atom. The monoisotopic (exact) mass is 402 g/mol. The van der Waals surface area contributed by atoms with Gasteiger partial charge in [0, 0.05) is 36.7 Å². The number of aliphatic hydroxyl groups is 1. The van der Waals surface area contributed by atoms with E-state index in [1.54, 1.807) is 41.6 Å². The zero-order chi connectivity index (χ0) is 20.9. The molecule has 0 spiro atoms. The van der Waals surface area contributed by atoms with E-state index in [0.717, 1.165) is 16.7 Å². The highest BCUT2D eigenvalue weighted by Crippen LogP contribution is 2.22. The van der Waals surface area contributed by atoms with Crippen LogP contribution in [0.3, 0.4) is 0 Å². The fourth-order valence-electron chi connectivity index (χ4n) is 3.43. The quantitative estimate of drug-likeness (QED) is 0.611. The van der Waals surface area contributed by atoms with Crippen LogP contribution in [0.4, 0.5) is 10.5 Å². The minimum atomic E-state index is -0.482. The molecule has 0 fully saturated rings. The van der Waals surface area contributed by atoms with E-state index in [1.165, 1.54) is 0 Å². The van der Waals surface area contributed by atoms with E-state index in [2.05, 4.69) is 15.6 Å². The van der Waals surface area contributed by atoms with Gasteiger partial charge in [-0.15, -0.1) is 0 Å². The number of carbonyl (C=O) groups is 2. The Hall–Kier alpha value is -3.71. The van der Waals surface area contributed by atoms with Gasteiger partial charge in [0.25, 0.3) is 5.91 Å². The number of pyridine rings is 1. The third-order valence-corrected chi connectivity index (χ3v) is 5.10. The van der Waals surface area contributed by atoms with Crippen molar-refractivity contribution >= 4 is 17.6 Å². The first-order valence-electron chi connectivity index (χ1n) is 9.68. The Bertz CT molecular complexity index is 1010. The average Bonchev–Trinajstić information content (AvgIpc) is 3.23. The standard InChI is InChI=1S/C23H22N4O3/c28-15-21(16-4-2-1-3-5-16)26-22(29)17-6-8-20(9-7-17)25-23(30)27-13-18-10-11-24-12-19(18)14-27/h1-12,21,28H,13-15H2,(H,25,30)(H,26,29)/t21-/m1/s1. The lowest BCUT2D eigenvalue weighted by Gasteiger charge is -2.18. The Morgan fingerprint density at radius 1 is 1.00 bits per heavy atom. The minimum Gasteiger partial charge on any atom is -0.394 e. The molecule has 3 amide bonds. The number of aliphatic hydroxyl groups excluding tert-OH is 1. The number of urea groups is 1. The molecule has 2 heterocycles. The van der Waals surface area contributed by atoms with Crippen molar-refractivity contribution in [3.63, 3.8) is 0 Å². The second-order valence-electron chi connectivity index (χ2n) is 7.13. The molecule has 0 aliphatic carbocycles. The van der Waals surface area contributed by atoms with Gasteiger partial charge >= 0.3 is 6.03 Å². The highest BCUT2D eigenvalue weighted by molar-refractivity contribution is 5.95. The van der Waals surface area contributed by atoms with Crippen LogP contribution in [0, 0.1) is 0 Å². The van der Waals surface area contributed by atoms with E-state index in [-0.39, 0.29) is 18.5 Å². The van der Waals surface area contributed by atoms with Crippen molar-refractivity contribution in [3.05, 3.63) is 95.3 Å². The molecular formula is C23H22N4O3. The van der Waals surface area contributed by atoms with Crippen LogP contribution >= 0.6 is 0 Å². The molecular weight excluding hydrogens is 380 g/mol. The van der Waals surface area contributed by atoms with Gasteiger partial charge in [0.05, 0.1) is 12.6 Å². The van der Waals surface area contributed by atoms with Gasteiger partial charge in [0.2, 0.25) is 0 Å². The summed E-state index contributed by atoms with van der Waals surface area (Å²) in [5, 5.41) is 15.3. The smallest absolute Gasteiger partial charge is 0.322 e. The van der Waals surface area contributed by atoms with Crippen molar-refractivity contribution in [1.29, 1.82) is 0 Å². The molecule has 30 heavy (non-hydrogen) atoms. The van der Waals surface area contributed by atoms with Gasteiger partial charge < -0.3 is 20.6 Å². The summed E-state index contributed by atoms with van der Waals surface area (Å²) < 4.78 is 0. The molecule has 4 rings (SSSR count). The summed E-state index contributed by atoms with van der Waals surface area (Å²) in [5.41, 5.74) is 4.04. The second-order valence-corrected chi connectivity index (χ2v) is 7.13. The lowest BCUT2D eigenvalue weighted by Crippen LogP contribution is -2.31. The van der Waals surface area contributed by atoms with Crippen molar-refractivity contribution in [3.8, 4) is 0 Å². The van der Waals surface area contributed by atoms with Crippen molar-refractivity contribution < 1.29 is 14.7 Å². The normalized spacial score (nSPS) is 13.4. The van der Waals surface area contributed by atoms with Gasteiger partial charge in [-0.1, -0.05) is 30.3 Å². The fraction of sp³-hybridized carbons (Fsp3) is 0.174. The molecule has 0 saturated carbocycles. The largest absolute Gasteiger partial charge is 0.394 e. The van der Waals surface area contributed by atoms with Crippen LogP contribution in [0.5, 0.6) is 0 Å². The van der Waals surface area contributed by atoms with Crippen molar-refractivity contribution in [2.24, 2.45) is 0 Å². The highest BCUT2D eigenvalue weighted by Gasteiger charge is 2.23. The van der Waals surface area contributed by atoms with Crippen molar-refractivity contribution in [2.75, 3.05) is 11.9 Å². The lowest BCUT2D eigenvalue weighted by atomic mass is 10.1. The van der Waals surface area contributed by atoms with Crippen molar-refractivity contribution in [2.45, 2.75) is 19.1 Å². The van der Waals surface area contributed by atoms with E-state index < -0.39 is 6.04 Å². The van der Waals surface area contributed by atoms with E-state index in [1.807, 2.05) is 36.4 Å². The molecule has 152 valence electrons. The molecule has 3 N–H and O–H groups in total. The zero-order valence-corrected chi connectivity index (χ0v) is 16.3. The molecule has 2 aromatic carbocycles. The third-order valence-electron chi connectivity index (χ3n) is 5.10. The summed E-state index contributed by atoms with van der Waals surface area (Å²) in [6.45, 7) is 0.876. The number of benzene rings is 2. The van der Waals surface area contributed by atoms with Gasteiger partial charge in [-0.25, -0.2) is 4.79 Å². The number of nitrogens with zero attached hydrogens (tertiary/aromatic N) is 2. The molecule has 1 aliphatic heterocycles. The molecule has 1 atom stereocenters. The van der Waals surface area contributed by atoms with E-state index in [4.69, 9.17) is 0 Å². The lowest BCUT2D eigenvalue weighted by molar-refractivity contribution is 0.0916. The van der Waals surface area contributed by atoms with Gasteiger partial charge in [0.1, 0.15) is 0 Å². The SMILES string of the molecule is O=C(N[C@H](CO)c1ccccc1)c1ccc(NC(=O)N2Cc3ccncc3C2)cc1. The van der Waals surface area contributed by atoms with E-state index in [9.17, 15) is 14.7 Å². The Kier molecular flexibility index (Phi) is 5.72. The number of carbonyl (C=O) groups excluding carboxylic acids is 2. The number of anilines is 1. The van der Waals surface area contributed by atoms with Gasteiger partial charge in [-0.3, -0.25) is 9.78 Å². The van der Waals surface area contributed by atoms with Crippen LogP contribution in [0.2, 0.25) is 0 Å². The second kappa shape index (κ2) is 8.75. The summed E-state index contributed by atoms with van der Waals surface area (Å²) >= 11 is 0. The Balaban J connectivity index is 1.36. The third kappa shape index (κ3) is 4.31. The number of nitrogens with one attached hydrogen (secondary N) is 2. The first-order valence-corrected chi connectivity index (χ1v) is 9.68. The summed E-state index contributed by atoms with van der Waals surface area (Å²) in [6, 6.07) is 17.2. The number of aromatic nitrogens is 1. The van der Waals surface area contributed by atoms with E-state index >= 15 is 0 Å². The maximum Gasteiger partial charge on any atom is 0.322 e. The Morgan fingerprint density at radius 3 is 2.43 bits per heavy atom. The number of hydrogen-bond acceptors (Lipinski definition) is 4. The first-order chi connectivity index (χ1) is 14.6. The van der Waals surface area contributed by atoms with Gasteiger partial charge in [0.15, 0.2) is 0 Å². The number of fused-ring (bicyclic) bond motifs is 1. The van der Waals surface area contributed by atoms with Gasteiger partial charge in [-0.2, -0.15) is 0 Å². The molecule has 1 aromatic heterocycles. The van der Waals surface area contributed by atoms with Crippen LogP contribution in [-0.2, 0) is 13.1 Å². The average molecular weight is 402 g/mol. The summed E-state index contributed by atoms with van der Waals surface area (Å²) in [7, 11) is 0. The molecule has 0 unspecified atom stereocenters. The topological polar surface area (TPSA) is 94.6 Å². The maximum atomic E-state index is 12.5. The predicted molar refractivity (Wildman–Crippen MR) is 113 cm³/mol. The zero-order valence-electron chi connectivity index (χ0n) is 16.3. The molecule has 0 radical (unpaired) electrons. The van der Waals surface area contributed by atoms with Crippen LogP contribution in [0.15, 0.2) is 73.1 Å². The molecule has 7 nitrogen and oxygen atoms in total. The fourth-order valence-corrected chi connectivity index (χ4v) is 3.43. The summed E-state index contributed by atoms with van der Waals surface area (Å²) in [4.78, 5) is 30.9. The first kappa shape index (κ1) is 19.6. The van der Waals surface area contributed by atoms with E-state index in [0.29, 0.717) is 24.3 Å². The number of amides is 3. The summed E-state index contributed by atoms with van der Waals surface area (Å²) in [5.74, 6) is -0.293. The summed E-state index contributed by atoms with van der Waals surface area (Å²) in [6.07, 6.45) is 3.51. The molecule has 0 saturated heterocycles. The predicted octanol–water partition coefficient (Wildman–Crippen LogP) is 3.09.